The molecular weight excluding hydrogens is 250 g/mol. The van der Waals surface area contributed by atoms with E-state index in [4.69, 9.17) is 9.47 Å². The zero-order chi connectivity index (χ0) is 13.3. The third kappa shape index (κ3) is 2.84. The number of thiophene rings is 1. The highest BCUT2D eigenvalue weighted by atomic mass is 32.1. The van der Waals surface area contributed by atoms with Crippen molar-refractivity contribution >= 4 is 17.4 Å². The minimum absolute atomic E-state index is 0.324. The van der Waals surface area contributed by atoms with Crippen LogP contribution in [0.15, 0.2) is 11.4 Å². The lowest BCUT2D eigenvalue weighted by Crippen LogP contribution is -2.39. The minimum Gasteiger partial charge on any atom is -0.444 e. The summed E-state index contributed by atoms with van der Waals surface area (Å²) < 4.78 is 11.0. The number of hydrogen-bond donors (Lipinski definition) is 0. The van der Waals surface area contributed by atoms with Crippen LogP contribution in [0.4, 0.5) is 4.79 Å². The fourth-order valence-corrected chi connectivity index (χ4v) is 2.76. The minimum atomic E-state index is -0.489. The van der Waals surface area contributed by atoms with Gasteiger partial charge < -0.3 is 9.47 Å². The van der Waals surface area contributed by atoms with Gasteiger partial charge in [0, 0.05) is 23.9 Å². The van der Waals surface area contributed by atoms with E-state index >= 15 is 0 Å². The van der Waals surface area contributed by atoms with Crippen molar-refractivity contribution in [3.63, 3.8) is 0 Å². The molecule has 0 radical (unpaired) electrons. The summed E-state index contributed by atoms with van der Waals surface area (Å²) in [6.45, 7) is 6.22. The van der Waals surface area contributed by atoms with Gasteiger partial charge in [0.05, 0.1) is 6.61 Å². The molecule has 0 aliphatic carbocycles. The largest absolute Gasteiger partial charge is 0.444 e. The molecular formula is C13H19NO3S. The second-order valence-corrected chi connectivity index (χ2v) is 6.36. The number of rotatable bonds is 1. The number of carbonyl (C=O) groups is 1. The van der Waals surface area contributed by atoms with Gasteiger partial charge in [-0.05, 0) is 32.2 Å². The Labute approximate surface area is 111 Å². The molecule has 18 heavy (non-hydrogen) atoms. The number of nitrogens with zero attached hydrogens (tertiary/aromatic N) is 1. The molecule has 4 nitrogen and oxygen atoms in total. The smallest absolute Gasteiger partial charge is 0.412 e. The molecule has 1 aliphatic rings. The van der Waals surface area contributed by atoms with E-state index in [9.17, 15) is 4.79 Å². The highest BCUT2D eigenvalue weighted by molar-refractivity contribution is 7.10. The van der Waals surface area contributed by atoms with Crippen LogP contribution in [-0.4, -0.2) is 30.2 Å². The third-order valence-corrected chi connectivity index (χ3v) is 3.68. The van der Waals surface area contributed by atoms with Crippen molar-refractivity contribution in [3.8, 4) is 0 Å². The predicted molar refractivity (Wildman–Crippen MR) is 70.7 cm³/mol. The van der Waals surface area contributed by atoms with Gasteiger partial charge in [-0.15, -0.1) is 11.3 Å². The Balaban J connectivity index is 2.11. The van der Waals surface area contributed by atoms with Crippen LogP contribution in [0.25, 0.3) is 0 Å². The van der Waals surface area contributed by atoms with E-state index in [2.05, 4.69) is 0 Å². The van der Waals surface area contributed by atoms with E-state index in [1.807, 2.05) is 32.2 Å². The summed E-state index contributed by atoms with van der Waals surface area (Å²) in [4.78, 5) is 14.8. The number of amides is 1. The summed E-state index contributed by atoms with van der Waals surface area (Å²) in [5.74, 6) is 0. The number of ether oxygens (including phenoxy) is 2. The zero-order valence-electron chi connectivity index (χ0n) is 11.2. The van der Waals surface area contributed by atoms with E-state index in [-0.39, 0.29) is 12.3 Å². The summed E-state index contributed by atoms with van der Waals surface area (Å²) in [7, 11) is 1.71. The topological polar surface area (TPSA) is 38.8 Å². The van der Waals surface area contributed by atoms with Crippen LogP contribution in [-0.2, 0) is 15.9 Å². The Hall–Kier alpha value is -1.07. The van der Waals surface area contributed by atoms with Crippen molar-refractivity contribution < 1.29 is 14.3 Å². The first-order valence-corrected chi connectivity index (χ1v) is 6.90. The quantitative estimate of drug-likeness (QED) is 0.786. The van der Waals surface area contributed by atoms with Crippen LogP contribution in [0, 0.1) is 0 Å². The lowest BCUT2D eigenvalue weighted by atomic mass is 10.1. The maximum Gasteiger partial charge on any atom is 0.412 e. The molecule has 0 fully saturated rings. The number of carbonyl (C=O) groups excluding carboxylic acids is 1. The SMILES string of the molecule is CN(C(=O)OC(C)(C)C)C1OCCc2sccc21. The van der Waals surface area contributed by atoms with Crippen molar-refractivity contribution in [2.45, 2.75) is 39.0 Å². The van der Waals surface area contributed by atoms with E-state index in [0.717, 1.165) is 12.0 Å². The summed E-state index contributed by atoms with van der Waals surface area (Å²) >= 11 is 1.71. The summed E-state index contributed by atoms with van der Waals surface area (Å²) in [6.07, 6.45) is 0.243. The Morgan fingerprint density at radius 3 is 2.94 bits per heavy atom. The van der Waals surface area contributed by atoms with Crippen LogP contribution in [0.3, 0.4) is 0 Å². The molecule has 1 amide bonds. The first kappa shape index (κ1) is 13.4. The third-order valence-electron chi connectivity index (χ3n) is 2.68. The summed E-state index contributed by atoms with van der Waals surface area (Å²) in [5, 5.41) is 2.04. The van der Waals surface area contributed by atoms with Gasteiger partial charge in [-0.2, -0.15) is 0 Å². The maximum atomic E-state index is 12.0. The van der Waals surface area contributed by atoms with Crippen LogP contribution < -0.4 is 0 Å². The molecule has 0 aromatic carbocycles. The van der Waals surface area contributed by atoms with Crippen molar-refractivity contribution in [1.82, 2.24) is 4.90 Å². The van der Waals surface area contributed by atoms with Gasteiger partial charge in [-0.3, -0.25) is 4.90 Å². The normalized spacial score (nSPS) is 19.2. The molecule has 0 saturated carbocycles. The Morgan fingerprint density at radius 1 is 1.56 bits per heavy atom. The summed E-state index contributed by atoms with van der Waals surface area (Å²) in [5.41, 5.74) is 0.594. The predicted octanol–water partition coefficient (Wildman–Crippen LogP) is 3.19. The highest BCUT2D eigenvalue weighted by Gasteiger charge is 2.31. The van der Waals surface area contributed by atoms with E-state index in [1.54, 1.807) is 18.4 Å². The van der Waals surface area contributed by atoms with Crippen LogP contribution in [0.5, 0.6) is 0 Å². The molecule has 5 heteroatoms. The van der Waals surface area contributed by atoms with E-state index < -0.39 is 5.60 Å². The highest BCUT2D eigenvalue weighted by Crippen LogP contribution is 2.33. The van der Waals surface area contributed by atoms with Crippen molar-refractivity contribution in [3.05, 3.63) is 21.9 Å². The molecule has 2 rings (SSSR count). The molecule has 0 N–H and O–H groups in total. The second-order valence-electron chi connectivity index (χ2n) is 5.36. The fourth-order valence-electron chi connectivity index (χ4n) is 1.88. The first-order chi connectivity index (χ1) is 8.38. The molecule has 0 saturated heterocycles. The lowest BCUT2D eigenvalue weighted by Gasteiger charge is -2.32. The van der Waals surface area contributed by atoms with Gasteiger partial charge in [0.2, 0.25) is 0 Å². The molecule has 0 bridgehead atoms. The van der Waals surface area contributed by atoms with Gasteiger partial charge in [-0.25, -0.2) is 4.79 Å². The molecule has 1 aliphatic heterocycles. The molecule has 1 atom stereocenters. The van der Waals surface area contributed by atoms with Gasteiger partial charge in [-0.1, -0.05) is 0 Å². The molecule has 1 unspecified atom stereocenters. The van der Waals surface area contributed by atoms with Gasteiger partial charge in [0.1, 0.15) is 5.60 Å². The van der Waals surface area contributed by atoms with Gasteiger partial charge >= 0.3 is 6.09 Å². The lowest BCUT2D eigenvalue weighted by molar-refractivity contribution is -0.0655. The van der Waals surface area contributed by atoms with E-state index in [1.165, 1.54) is 9.78 Å². The Morgan fingerprint density at radius 2 is 2.28 bits per heavy atom. The fraction of sp³-hybridized carbons (Fsp3) is 0.615. The Kier molecular flexibility index (Phi) is 3.64. The standard InChI is InChI=1S/C13H19NO3S/c1-13(2,3)17-12(15)14(4)11-9-6-8-18-10(9)5-7-16-11/h6,8,11H,5,7H2,1-4H3. The number of fused-ring (bicyclic) bond motifs is 1. The van der Waals surface area contributed by atoms with E-state index in [0.29, 0.717) is 6.61 Å². The van der Waals surface area contributed by atoms with Crippen molar-refractivity contribution in [2.75, 3.05) is 13.7 Å². The van der Waals surface area contributed by atoms with Crippen molar-refractivity contribution in [1.29, 1.82) is 0 Å². The Bertz CT molecular complexity index is 436. The monoisotopic (exact) mass is 269 g/mol. The van der Waals surface area contributed by atoms with Gasteiger partial charge in [0.15, 0.2) is 6.23 Å². The molecule has 100 valence electrons. The number of hydrogen-bond acceptors (Lipinski definition) is 4. The maximum absolute atomic E-state index is 12.0. The molecule has 0 spiro atoms. The molecule has 2 heterocycles. The van der Waals surface area contributed by atoms with Crippen LogP contribution >= 0.6 is 11.3 Å². The zero-order valence-corrected chi connectivity index (χ0v) is 12.0. The molecule has 1 aromatic heterocycles. The second kappa shape index (κ2) is 4.90. The molecule has 1 aromatic rings. The average molecular weight is 269 g/mol. The van der Waals surface area contributed by atoms with Crippen LogP contribution in [0.1, 0.15) is 37.4 Å². The van der Waals surface area contributed by atoms with Crippen molar-refractivity contribution in [2.24, 2.45) is 0 Å². The summed E-state index contributed by atoms with van der Waals surface area (Å²) in [6, 6.07) is 2.02. The average Bonchev–Trinajstić information content (AvgIpc) is 2.73. The first-order valence-electron chi connectivity index (χ1n) is 6.02. The van der Waals surface area contributed by atoms with Gasteiger partial charge in [0.25, 0.3) is 0 Å². The van der Waals surface area contributed by atoms with Crippen LogP contribution in [0.2, 0.25) is 0 Å².